The molecule has 0 aliphatic heterocycles. The number of hydrogen-bond acceptors (Lipinski definition) is 2. The van der Waals surface area contributed by atoms with Gasteiger partial charge in [0.1, 0.15) is 0 Å². The van der Waals surface area contributed by atoms with Crippen LogP contribution in [0.15, 0.2) is 18.2 Å². The lowest BCUT2D eigenvalue weighted by Gasteiger charge is -2.15. The number of anilines is 1. The quantitative estimate of drug-likeness (QED) is 0.323. The van der Waals surface area contributed by atoms with E-state index in [-0.39, 0.29) is 11.2 Å². The van der Waals surface area contributed by atoms with Crippen LogP contribution in [0.2, 0.25) is 0 Å². The average molecular weight is 303 g/mol. The van der Waals surface area contributed by atoms with E-state index in [2.05, 4.69) is 17.5 Å². The van der Waals surface area contributed by atoms with E-state index in [0.717, 1.165) is 0 Å². The van der Waals surface area contributed by atoms with E-state index in [4.69, 9.17) is 5.84 Å². The van der Waals surface area contributed by atoms with Gasteiger partial charge in [0, 0.05) is 5.69 Å². The number of hydrogen-bond donors (Lipinski definition) is 3. The fourth-order valence-electron chi connectivity index (χ4n) is 1.19. The second kappa shape index (κ2) is 5.21. The van der Waals surface area contributed by atoms with E-state index < -0.39 is 29.2 Å². The molecule has 0 spiro atoms. The third-order valence-electron chi connectivity index (χ3n) is 1.98. The molecule has 1 aromatic carbocycles. The molecule has 10 heteroatoms. The van der Waals surface area contributed by atoms with Gasteiger partial charge in [-0.3, -0.25) is 0 Å². The summed E-state index contributed by atoms with van der Waals surface area (Å²) in [5.41, 5.74) is -1.46. The van der Waals surface area contributed by atoms with Gasteiger partial charge in [0.2, 0.25) is 0 Å². The maximum absolute atomic E-state index is 12.5. The van der Waals surface area contributed by atoms with Crippen molar-refractivity contribution in [2.24, 2.45) is 5.84 Å². The zero-order chi connectivity index (χ0) is 14.8. The molecule has 0 atom stereocenters. The molecule has 0 heterocycles. The third-order valence-corrected chi connectivity index (χ3v) is 2.20. The Bertz CT molecular complexity index is 450. The molecule has 0 amide bonds. The van der Waals surface area contributed by atoms with E-state index in [0.29, 0.717) is 12.1 Å². The minimum Gasteiger partial charge on any atom is -0.332 e. The average Bonchev–Trinajstić information content (AvgIpc) is 2.26. The predicted octanol–water partition coefficient (Wildman–Crippen LogP) is 2.88. The largest absolute Gasteiger partial charge is 0.416 e. The number of alkyl halides is 6. The van der Waals surface area contributed by atoms with Crippen molar-refractivity contribution < 1.29 is 26.3 Å². The standard InChI is InChI=1S/C9H7F6N3S/c10-8(11,12)4-1-5(9(13,14)15)3-6(2-4)17-7(19)18-16/h1-3H,16H2,(H2,17,18,19). The van der Waals surface area contributed by atoms with E-state index >= 15 is 0 Å². The van der Waals surface area contributed by atoms with Crippen molar-refractivity contribution in [1.82, 2.24) is 5.43 Å². The minimum atomic E-state index is -4.91. The Morgan fingerprint density at radius 2 is 1.37 bits per heavy atom. The Hall–Kier alpha value is -1.55. The molecule has 1 aromatic rings. The van der Waals surface area contributed by atoms with Crippen molar-refractivity contribution in [3.05, 3.63) is 29.3 Å². The third kappa shape index (κ3) is 4.24. The van der Waals surface area contributed by atoms with Crippen LogP contribution in [0, 0.1) is 0 Å². The van der Waals surface area contributed by atoms with E-state index in [1.807, 2.05) is 5.43 Å². The summed E-state index contributed by atoms with van der Waals surface area (Å²) in [6.45, 7) is 0. The summed E-state index contributed by atoms with van der Waals surface area (Å²) in [7, 11) is 0. The summed E-state index contributed by atoms with van der Waals surface area (Å²) < 4.78 is 74.9. The summed E-state index contributed by atoms with van der Waals surface area (Å²) in [4.78, 5) is 0. The fraction of sp³-hybridized carbons (Fsp3) is 0.222. The number of halogens is 6. The molecule has 0 aliphatic rings. The van der Waals surface area contributed by atoms with Crippen molar-refractivity contribution in [3.63, 3.8) is 0 Å². The molecule has 0 fully saturated rings. The van der Waals surface area contributed by atoms with Gasteiger partial charge in [-0.15, -0.1) is 0 Å². The van der Waals surface area contributed by atoms with Crippen LogP contribution in [0.25, 0.3) is 0 Å². The fourth-order valence-corrected chi connectivity index (χ4v) is 1.31. The van der Waals surface area contributed by atoms with Crippen LogP contribution >= 0.6 is 12.2 Å². The van der Waals surface area contributed by atoms with Gasteiger partial charge >= 0.3 is 12.4 Å². The molecule has 0 aromatic heterocycles. The van der Waals surface area contributed by atoms with Crippen LogP contribution in [0.3, 0.4) is 0 Å². The molecule has 0 bridgehead atoms. The zero-order valence-corrected chi connectivity index (χ0v) is 9.80. The monoisotopic (exact) mass is 303 g/mol. The van der Waals surface area contributed by atoms with Gasteiger partial charge in [0.25, 0.3) is 0 Å². The number of nitrogens with one attached hydrogen (secondary N) is 2. The SMILES string of the molecule is NNC(=S)Nc1cc(C(F)(F)F)cc(C(F)(F)F)c1. The highest BCUT2D eigenvalue weighted by atomic mass is 32.1. The number of thiocarbonyl (C=S) groups is 1. The summed E-state index contributed by atoms with van der Waals surface area (Å²) >= 11 is 4.50. The highest BCUT2D eigenvalue weighted by Crippen LogP contribution is 2.37. The highest BCUT2D eigenvalue weighted by molar-refractivity contribution is 7.80. The molecule has 3 nitrogen and oxygen atoms in total. The van der Waals surface area contributed by atoms with Crippen molar-refractivity contribution in [1.29, 1.82) is 0 Å². The zero-order valence-electron chi connectivity index (χ0n) is 8.99. The topological polar surface area (TPSA) is 50.1 Å². The first-order valence-corrected chi connectivity index (χ1v) is 5.02. The number of hydrazine groups is 1. The summed E-state index contributed by atoms with van der Waals surface area (Å²) in [5, 5.41) is 1.80. The van der Waals surface area contributed by atoms with Crippen LogP contribution in [0.5, 0.6) is 0 Å². The Morgan fingerprint density at radius 3 is 1.68 bits per heavy atom. The summed E-state index contributed by atoms with van der Waals surface area (Å²) in [6.07, 6.45) is -9.81. The van der Waals surface area contributed by atoms with Gasteiger partial charge in [-0.1, -0.05) is 0 Å². The molecule has 4 N–H and O–H groups in total. The molecule has 0 aliphatic carbocycles. The van der Waals surface area contributed by atoms with E-state index in [9.17, 15) is 26.3 Å². The molecule has 0 unspecified atom stereocenters. The van der Waals surface area contributed by atoms with Crippen molar-refractivity contribution >= 4 is 23.0 Å². The van der Waals surface area contributed by atoms with Gasteiger partial charge < -0.3 is 10.7 Å². The molecule has 0 saturated carbocycles. The van der Waals surface area contributed by atoms with Crippen LogP contribution in [0.1, 0.15) is 11.1 Å². The van der Waals surface area contributed by atoms with E-state index in [1.54, 1.807) is 0 Å². The molecule has 19 heavy (non-hydrogen) atoms. The Kier molecular flexibility index (Phi) is 4.25. The smallest absolute Gasteiger partial charge is 0.332 e. The molecule has 0 saturated heterocycles. The van der Waals surface area contributed by atoms with Crippen LogP contribution in [-0.4, -0.2) is 5.11 Å². The maximum Gasteiger partial charge on any atom is 0.416 e. The summed E-state index contributed by atoms with van der Waals surface area (Å²) in [5.74, 6) is 4.87. The molecule has 0 radical (unpaired) electrons. The molecule has 1 rings (SSSR count). The van der Waals surface area contributed by atoms with E-state index in [1.165, 1.54) is 0 Å². The lowest BCUT2D eigenvalue weighted by Crippen LogP contribution is -2.34. The number of rotatable bonds is 1. The number of benzene rings is 1. The predicted molar refractivity (Wildman–Crippen MR) is 60.0 cm³/mol. The van der Waals surface area contributed by atoms with Gasteiger partial charge in [-0.25, -0.2) is 5.84 Å². The lowest BCUT2D eigenvalue weighted by molar-refractivity contribution is -0.143. The van der Waals surface area contributed by atoms with Crippen LogP contribution in [-0.2, 0) is 12.4 Å². The van der Waals surface area contributed by atoms with Crippen molar-refractivity contribution in [2.45, 2.75) is 12.4 Å². The molecular weight excluding hydrogens is 296 g/mol. The second-order valence-corrected chi connectivity index (χ2v) is 3.80. The number of nitrogens with two attached hydrogens (primary N) is 1. The van der Waals surface area contributed by atoms with Gasteiger partial charge in [0.05, 0.1) is 11.1 Å². The van der Waals surface area contributed by atoms with Gasteiger partial charge in [0.15, 0.2) is 5.11 Å². The van der Waals surface area contributed by atoms with Gasteiger partial charge in [-0.05, 0) is 30.4 Å². The summed E-state index contributed by atoms with van der Waals surface area (Å²) in [6, 6.07) is 1.02. The Morgan fingerprint density at radius 1 is 0.947 bits per heavy atom. The van der Waals surface area contributed by atoms with Gasteiger partial charge in [-0.2, -0.15) is 26.3 Å². The first kappa shape index (κ1) is 15.5. The maximum atomic E-state index is 12.5. The Labute approximate surface area is 108 Å². The first-order chi connectivity index (χ1) is 8.54. The second-order valence-electron chi connectivity index (χ2n) is 3.39. The highest BCUT2D eigenvalue weighted by Gasteiger charge is 2.36. The molecular formula is C9H7F6N3S. The lowest BCUT2D eigenvalue weighted by atomic mass is 10.1. The van der Waals surface area contributed by atoms with Crippen LogP contribution in [0.4, 0.5) is 32.0 Å². The van der Waals surface area contributed by atoms with Crippen molar-refractivity contribution in [2.75, 3.05) is 5.32 Å². The first-order valence-electron chi connectivity index (χ1n) is 4.61. The Balaban J connectivity index is 3.29. The van der Waals surface area contributed by atoms with Crippen molar-refractivity contribution in [3.8, 4) is 0 Å². The molecule has 106 valence electrons. The van der Waals surface area contributed by atoms with Crippen LogP contribution < -0.4 is 16.6 Å². The minimum absolute atomic E-state index is 0.0180. The normalized spacial score (nSPS) is 12.2.